The highest BCUT2D eigenvalue weighted by Gasteiger charge is 2.17. The monoisotopic (exact) mass is 423 g/mol. The molecule has 0 bridgehead atoms. The second-order valence-electron chi connectivity index (χ2n) is 8.96. The van der Waals surface area contributed by atoms with Crippen molar-refractivity contribution in [3.63, 3.8) is 0 Å². The van der Waals surface area contributed by atoms with Crippen molar-refractivity contribution in [3.8, 4) is 0 Å². The lowest BCUT2D eigenvalue weighted by Gasteiger charge is -2.30. The highest BCUT2D eigenvalue weighted by Crippen LogP contribution is 2.28. The summed E-state index contributed by atoms with van der Waals surface area (Å²) < 4.78 is 0. The van der Waals surface area contributed by atoms with Crippen LogP contribution < -0.4 is 11.5 Å². The number of nitrogens with two attached hydrogens (primary N) is 2. The Morgan fingerprint density at radius 2 is 1.77 bits per heavy atom. The minimum Gasteiger partial charge on any atom is -0.399 e. The van der Waals surface area contributed by atoms with Gasteiger partial charge in [0.25, 0.3) is 0 Å². The second kappa shape index (κ2) is 13.9. The Morgan fingerprint density at radius 3 is 2.32 bits per heavy atom. The standard InChI is InChI=1S/C17H26N2.C9H15N.C2H4/c1-13-11-16(18)9-10-17(13)14(2)19(3)12-15-7-5-4-6-8-15;1-7-3-4-9(6-10)8(2)5-7;1-2/h9-11,15H,2,4-8,12,18H2,1,3H3;3-4,7H,5-6,10H2,1-2H3;1-2H2. The van der Waals surface area contributed by atoms with Crippen LogP contribution >= 0.6 is 0 Å². The SMILES string of the molecule is C=C.C=C(c1ccc(N)cc1C)N(C)CC1CCCCC1.CC1=C(CN)C=CC(C)C1. The molecule has 172 valence electrons. The third-order valence-electron chi connectivity index (χ3n) is 6.30. The summed E-state index contributed by atoms with van der Waals surface area (Å²) in [6.45, 7) is 18.6. The van der Waals surface area contributed by atoms with Crippen LogP contribution in [0.4, 0.5) is 5.69 Å². The maximum absolute atomic E-state index is 5.81. The highest BCUT2D eigenvalue weighted by atomic mass is 15.1. The number of rotatable bonds is 5. The number of hydrogen-bond acceptors (Lipinski definition) is 3. The van der Waals surface area contributed by atoms with Gasteiger partial charge in [0, 0.05) is 37.1 Å². The number of allylic oxidation sites excluding steroid dienone is 2. The lowest BCUT2D eigenvalue weighted by atomic mass is 9.89. The molecule has 0 heterocycles. The van der Waals surface area contributed by atoms with E-state index in [9.17, 15) is 0 Å². The van der Waals surface area contributed by atoms with Crippen LogP contribution in [0, 0.1) is 18.8 Å². The van der Waals surface area contributed by atoms with Crippen LogP contribution in [0.2, 0.25) is 0 Å². The smallest absolute Gasteiger partial charge is 0.0367 e. The molecule has 2 aliphatic rings. The van der Waals surface area contributed by atoms with E-state index >= 15 is 0 Å². The van der Waals surface area contributed by atoms with Gasteiger partial charge in [-0.25, -0.2) is 0 Å². The van der Waals surface area contributed by atoms with Crippen molar-refractivity contribution in [1.29, 1.82) is 0 Å². The van der Waals surface area contributed by atoms with E-state index in [1.165, 1.54) is 60.8 Å². The summed E-state index contributed by atoms with van der Waals surface area (Å²) in [5, 5.41) is 0. The van der Waals surface area contributed by atoms with Gasteiger partial charge in [-0.1, -0.05) is 56.6 Å². The van der Waals surface area contributed by atoms with Crippen LogP contribution in [-0.4, -0.2) is 25.0 Å². The average molecular weight is 424 g/mol. The third-order valence-corrected chi connectivity index (χ3v) is 6.30. The molecule has 4 N–H and O–H groups in total. The molecule has 2 aliphatic carbocycles. The summed E-state index contributed by atoms with van der Waals surface area (Å²) >= 11 is 0. The summed E-state index contributed by atoms with van der Waals surface area (Å²) in [7, 11) is 2.16. The molecule has 1 aromatic carbocycles. The van der Waals surface area contributed by atoms with E-state index in [0.717, 1.165) is 23.8 Å². The molecule has 1 unspecified atom stereocenters. The van der Waals surface area contributed by atoms with Gasteiger partial charge in [-0.05, 0) is 68.2 Å². The molecule has 1 atom stereocenters. The zero-order chi connectivity index (χ0) is 23.4. The van der Waals surface area contributed by atoms with Gasteiger partial charge in [-0.3, -0.25) is 0 Å². The molecule has 0 aliphatic heterocycles. The van der Waals surface area contributed by atoms with Gasteiger partial charge in [-0.15, -0.1) is 13.2 Å². The van der Waals surface area contributed by atoms with E-state index in [1.807, 2.05) is 12.1 Å². The number of anilines is 1. The van der Waals surface area contributed by atoms with Crippen molar-refractivity contribution < 1.29 is 0 Å². The average Bonchev–Trinajstić information content (AvgIpc) is 2.76. The maximum Gasteiger partial charge on any atom is 0.0367 e. The van der Waals surface area contributed by atoms with Gasteiger partial charge in [0.05, 0.1) is 0 Å². The lowest BCUT2D eigenvalue weighted by molar-refractivity contribution is 0.289. The molecular formula is C28H45N3. The first-order chi connectivity index (χ1) is 14.8. The summed E-state index contributed by atoms with van der Waals surface area (Å²) in [4.78, 5) is 2.31. The number of aryl methyl sites for hydroxylation is 1. The quantitative estimate of drug-likeness (QED) is 0.408. The molecule has 31 heavy (non-hydrogen) atoms. The predicted molar refractivity (Wildman–Crippen MR) is 140 cm³/mol. The number of nitrogen functional groups attached to an aromatic ring is 1. The first-order valence-electron chi connectivity index (χ1n) is 11.6. The van der Waals surface area contributed by atoms with Crippen LogP contribution in [0.3, 0.4) is 0 Å². The first kappa shape index (κ1) is 26.8. The number of hydrogen-bond donors (Lipinski definition) is 2. The van der Waals surface area contributed by atoms with Crippen LogP contribution in [-0.2, 0) is 0 Å². The maximum atomic E-state index is 5.81. The molecular weight excluding hydrogens is 378 g/mol. The van der Waals surface area contributed by atoms with Crippen LogP contribution in [0.25, 0.3) is 5.70 Å². The summed E-state index contributed by atoms with van der Waals surface area (Å²) in [6.07, 6.45) is 12.5. The Hall–Kier alpha value is -2.26. The Kier molecular flexibility index (Phi) is 12.0. The second-order valence-corrected chi connectivity index (χ2v) is 8.96. The molecule has 3 nitrogen and oxygen atoms in total. The topological polar surface area (TPSA) is 55.3 Å². The fourth-order valence-corrected chi connectivity index (χ4v) is 4.43. The zero-order valence-corrected chi connectivity index (χ0v) is 20.4. The molecule has 0 saturated heterocycles. The molecule has 1 saturated carbocycles. The number of nitrogens with zero attached hydrogens (tertiary/aromatic N) is 1. The van der Waals surface area contributed by atoms with E-state index in [-0.39, 0.29) is 0 Å². The van der Waals surface area contributed by atoms with Crippen molar-refractivity contribution >= 4 is 11.4 Å². The Balaban J connectivity index is 0.000000337. The fourth-order valence-electron chi connectivity index (χ4n) is 4.43. The normalized spacial score (nSPS) is 18.4. The van der Waals surface area contributed by atoms with E-state index in [0.29, 0.717) is 12.5 Å². The lowest BCUT2D eigenvalue weighted by Crippen LogP contribution is -2.25. The van der Waals surface area contributed by atoms with Crippen LogP contribution in [0.1, 0.15) is 63.5 Å². The molecule has 0 spiro atoms. The Morgan fingerprint density at radius 1 is 1.13 bits per heavy atom. The van der Waals surface area contributed by atoms with Crippen LogP contribution in [0.15, 0.2) is 61.2 Å². The Labute approximate surface area is 191 Å². The molecule has 1 aromatic rings. The van der Waals surface area contributed by atoms with Crippen molar-refractivity contribution in [1.82, 2.24) is 4.90 Å². The van der Waals surface area contributed by atoms with Crippen molar-refractivity contribution in [2.24, 2.45) is 17.6 Å². The van der Waals surface area contributed by atoms with Crippen molar-refractivity contribution in [2.45, 2.75) is 59.3 Å². The van der Waals surface area contributed by atoms with E-state index in [4.69, 9.17) is 11.5 Å². The van der Waals surface area contributed by atoms with Gasteiger partial charge in [-0.2, -0.15) is 0 Å². The molecule has 0 radical (unpaired) electrons. The Bertz CT molecular complexity index is 754. The van der Waals surface area contributed by atoms with Gasteiger partial charge in [0.15, 0.2) is 0 Å². The molecule has 1 fully saturated rings. The number of benzene rings is 1. The first-order valence-corrected chi connectivity index (χ1v) is 11.6. The highest BCUT2D eigenvalue weighted by molar-refractivity contribution is 5.66. The van der Waals surface area contributed by atoms with E-state index in [1.54, 1.807) is 0 Å². The van der Waals surface area contributed by atoms with E-state index < -0.39 is 0 Å². The molecule has 0 aromatic heterocycles. The van der Waals surface area contributed by atoms with Crippen LogP contribution in [0.5, 0.6) is 0 Å². The molecule has 3 rings (SSSR count). The van der Waals surface area contributed by atoms with Crippen molar-refractivity contribution in [3.05, 3.63) is 72.4 Å². The minimum absolute atomic E-state index is 0.690. The summed E-state index contributed by atoms with van der Waals surface area (Å²) in [6, 6.07) is 6.07. The zero-order valence-electron chi connectivity index (χ0n) is 20.4. The van der Waals surface area contributed by atoms with Gasteiger partial charge >= 0.3 is 0 Å². The van der Waals surface area contributed by atoms with Gasteiger partial charge in [0.2, 0.25) is 0 Å². The van der Waals surface area contributed by atoms with Crippen molar-refractivity contribution in [2.75, 3.05) is 25.9 Å². The third kappa shape index (κ3) is 8.78. The largest absolute Gasteiger partial charge is 0.399 e. The summed E-state index contributed by atoms with van der Waals surface area (Å²) in [5.74, 6) is 1.54. The summed E-state index contributed by atoms with van der Waals surface area (Å²) in [5.41, 5.74) is 18.5. The molecule has 3 heteroatoms. The van der Waals surface area contributed by atoms with E-state index in [2.05, 4.69) is 70.7 Å². The predicted octanol–water partition coefficient (Wildman–Crippen LogP) is 6.72. The van der Waals surface area contributed by atoms with Gasteiger partial charge in [0.1, 0.15) is 0 Å². The van der Waals surface area contributed by atoms with Gasteiger partial charge < -0.3 is 16.4 Å². The molecule has 0 amide bonds. The fraction of sp³-hybridized carbons (Fsp3) is 0.500. The minimum atomic E-state index is 0.690.